The monoisotopic (exact) mass is 380 g/mol. The Balaban J connectivity index is 1.85. The number of carbonyl (C=O) groups is 1. The highest BCUT2D eigenvalue weighted by Gasteiger charge is 2.21. The molecule has 1 N–H and O–H groups in total. The quantitative estimate of drug-likeness (QED) is 0.464. The molecular formula is C26H24N2O. The van der Waals surface area contributed by atoms with Crippen LogP contribution in [0.15, 0.2) is 84.9 Å². The van der Waals surface area contributed by atoms with E-state index in [1.807, 2.05) is 91.9 Å². The van der Waals surface area contributed by atoms with Crippen LogP contribution in [0, 0.1) is 0 Å². The Morgan fingerprint density at radius 1 is 0.897 bits per heavy atom. The van der Waals surface area contributed by atoms with Crippen LogP contribution >= 0.6 is 0 Å². The van der Waals surface area contributed by atoms with Gasteiger partial charge in [-0.2, -0.15) is 0 Å². The minimum atomic E-state index is -0.0829. The summed E-state index contributed by atoms with van der Waals surface area (Å²) in [6, 6.07) is 27.9. The van der Waals surface area contributed by atoms with Crippen LogP contribution in [0.25, 0.3) is 22.2 Å². The number of rotatable bonds is 5. The zero-order valence-electron chi connectivity index (χ0n) is 16.7. The van der Waals surface area contributed by atoms with Gasteiger partial charge in [-0.1, -0.05) is 85.8 Å². The zero-order valence-corrected chi connectivity index (χ0v) is 16.7. The Kier molecular flexibility index (Phi) is 5.39. The average Bonchev–Trinajstić information content (AvgIpc) is 2.78. The molecule has 0 aliphatic carbocycles. The summed E-state index contributed by atoms with van der Waals surface area (Å²) in [4.78, 5) is 18.4. The van der Waals surface area contributed by atoms with Gasteiger partial charge in [-0.15, -0.1) is 0 Å². The van der Waals surface area contributed by atoms with Gasteiger partial charge in [0, 0.05) is 10.9 Å². The number of hydrogen-bond donors (Lipinski definition) is 1. The number of carbonyl (C=O) groups excluding carboxylic acids is 1. The molecule has 144 valence electrons. The van der Waals surface area contributed by atoms with Crippen molar-refractivity contribution in [2.24, 2.45) is 0 Å². The van der Waals surface area contributed by atoms with Crippen LogP contribution < -0.4 is 5.32 Å². The Morgan fingerprint density at radius 3 is 2.21 bits per heavy atom. The summed E-state index contributed by atoms with van der Waals surface area (Å²) < 4.78 is 0. The second-order valence-electron chi connectivity index (χ2n) is 7.16. The fourth-order valence-electron chi connectivity index (χ4n) is 3.78. The molecule has 0 spiro atoms. The van der Waals surface area contributed by atoms with Gasteiger partial charge in [0.1, 0.15) is 0 Å². The number of benzene rings is 3. The van der Waals surface area contributed by atoms with Crippen molar-refractivity contribution in [1.29, 1.82) is 0 Å². The first-order valence-electron chi connectivity index (χ1n) is 10.0. The van der Waals surface area contributed by atoms with Crippen molar-refractivity contribution in [3.05, 3.63) is 102 Å². The van der Waals surface area contributed by atoms with E-state index in [1.54, 1.807) is 0 Å². The molecule has 0 radical (unpaired) electrons. The molecule has 0 saturated heterocycles. The molecule has 0 bridgehead atoms. The van der Waals surface area contributed by atoms with Crippen LogP contribution in [0.4, 0.5) is 0 Å². The Bertz CT molecular complexity index is 1140. The molecule has 3 aromatic carbocycles. The molecule has 1 unspecified atom stereocenters. The third-order valence-electron chi connectivity index (χ3n) is 5.27. The van der Waals surface area contributed by atoms with Crippen molar-refractivity contribution in [1.82, 2.24) is 10.3 Å². The molecule has 0 aliphatic rings. The molecule has 3 nitrogen and oxygen atoms in total. The number of hydrogen-bond acceptors (Lipinski definition) is 2. The maximum atomic E-state index is 13.5. The average molecular weight is 380 g/mol. The van der Waals surface area contributed by atoms with Crippen LogP contribution in [-0.4, -0.2) is 10.9 Å². The van der Waals surface area contributed by atoms with Gasteiger partial charge in [0.15, 0.2) is 0 Å². The SMILES string of the molecule is CCc1c(-c2ccccc2)nc2ccccc2c1C(=O)NC(C)c1ccccc1. The summed E-state index contributed by atoms with van der Waals surface area (Å²) in [5, 5.41) is 4.08. The first-order valence-corrected chi connectivity index (χ1v) is 10.0. The van der Waals surface area contributed by atoms with Gasteiger partial charge < -0.3 is 5.32 Å². The maximum absolute atomic E-state index is 13.5. The van der Waals surface area contributed by atoms with E-state index in [2.05, 4.69) is 12.2 Å². The lowest BCUT2D eigenvalue weighted by Gasteiger charge is -2.19. The lowest BCUT2D eigenvalue weighted by molar-refractivity contribution is 0.0940. The lowest BCUT2D eigenvalue weighted by atomic mass is 9.94. The maximum Gasteiger partial charge on any atom is 0.252 e. The second kappa shape index (κ2) is 8.27. The largest absolute Gasteiger partial charge is 0.345 e. The predicted molar refractivity (Wildman–Crippen MR) is 119 cm³/mol. The zero-order chi connectivity index (χ0) is 20.2. The van der Waals surface area contributed by atoms with Gasteiger partial charge in [-0.25, -0.2) is 4.98 Å². The molecular weight excluding hydrogens is 356 g/mol. The van der Waals surface area contributed by atoms with Crippen molar-refractivity contribution in [2.75, 3.05) is 0 Å². The molecule has 4 aromatic rings. The molecule has 0 aliphatic heterocycles. The highest BCUT2D eigenvalue weighted by atomic mass is 16.1. The number of para-hydroxylation sites is 1. The van der Waals surface area contributed by atoms with Crippen molar-refractivity contribution in [3.8, 4) is 11.3 Å². The van der Waals surface area contributed by atoms with Crippen LogP contribution in [0.5, 0.6) is 0 Å². The van der Waals surface area contributed by atoms with Crippen molar-refractivity contribution in [3.63, 3.8) is 0 Å². The normalized spacial score (nSPS) is 11.9. The summed E-state index contributed by atoms with van der Waals surface area (Å²) in [7, 11) is 0. The molecule has 0 saturated carbocycles. The van der Waals surface area contributed by atoms with E-state index in [9.17, 15) is 4.79 Å². The topological polar surface area (TPSA) is 42.0 Å². The Morgan fingerprint density at radius 2 is 1.52 bits per heavy atom. The van der Waals surface area contributed by atoms with Gasteiger partial charge in [-0.3, -0.25) is 4.79 Å². The molecule has 1 amide bonds. The summed E-state index contributed by atoms with van der Waals surface area (Å²) in [6.45, 7) is 4.09. The van der Waals surface area contributed by atoms with Crippen LogP contribution in [0.1, 0.15) is 41.4 Å². The summed E-state index contributed by atoms with van der Waals surface area (Å²) in [6.07, 6.45) is 0.727. The number of nitrogens with zero attached hydrogens (tertiary/aromatic N) is 1. The number of amides is 1. The van der Waals surface area contributed by atoms with Crippen molar-refractivity contribution < 1.29 is 4.79 Å². The number of aromatic nitrogens is 1. The third kappa shape index (κ3) is 3.77. The molecule has 0 fully saturated rings. The predicted octanol–water partition coefficient (Wildman–Crippen LogP) is 5.96. The van der Waals surface area contributed by atoms with Crippen molar-refractivity contribution in [2.45, 2.75) is 26.3 Å². The highest BCUT2D eigenvalue weighted by molar-refractivity contribution is 6.09. The van der Waals surface area contributed by atoms with E-state index in [1.165, 1.54) is 0 Å². The number of fused-ring (bicyclic) bond motifs is 1. The van der Waals surface area contributed by atoms with Gasteiger partial charge >= 0.3 is 0 Å². The fourth-order valence-corrected chi connectivity index (χ4v) is 3.78. The van der Waals surface area contributed by atoms with Gasteiger partial charge in [0.2, 0.25) is 0 Å². The fraction of sp³-hybridized carbons (Fsp3) is 0.154. The Hall–Kier alpha value is -3.46. The van der Waals surface area contributed by atoms with E-state index >= 15 is 0 Å². The molecule has 29 heavy (non-hydrogen) atoms. The van der Waals surface area contributed by atoms with Crippen LogP contribution in [0.2, 0.25) is 0 Å². The minimum Gasteiger partial charge on any atom is -0.345 e. The summed E-state index contributed by atoms with van der Waals surface area (Å²) in [5.41, 5.74) is 5.53. The summed E-state index contributed by atoms with van der Waals surface area (Å²) in [5.74, 6) is -0.0611. The third-order valence-corrected chi connectivity index (χ3v) is 5.27. The highest BCUT2D eigenvalue weighted by Crippen LogP contribution is 2.31. The molecule has 4 rings (SSSR count). The standard InChI is InChI=1S/C26H24N2O/c1-3-21-24(26(29)27-18(2)19-12-6-4-7-13-19)22-16-10-11-17-23(22)28-25(21)20-14-8-5-9-15-20/h4-18H,3H2,1-2H3,(H,27,29). The minimum absolute atomic E-state index is 0.0611. The molecule has 1 atom stereocenters. The van der Waals surface area contributed by atoms with E-state index < -0.39 is 0 Å². The summed E-state index contributed by atoms with van der Waals surface area (Å²) >= 11 is 0. The van der Waals surface area contributed by atoms with E-state index in [4.69, 9.17) is 4.98 Å². The smallest absolute Gasteiger partial charge is 0.252 e. The van der Waals surface area contributed by atoms with Crippen LogP contribution in [-0.2, 0) is 6.42 Å². The van der Waals surface area contributed by atoms with Gasteiger partial charge in [-0.05, 0) is 30.5 Å². The van der Waals surface area contributed by atoms with E-state index in [-0.39, 0.29) is 11.9 Å². The Labute approximate surface area is 171 Å². The first-order chi connectivity index (χ1) is 14.2. The molecule has 3 heteroatoms. The lowest BCUT2D eigenvalue weighted by Crippen LogP contribution is -2.28. The van der Waals surface area contributed by atoms with Crippen LogP contribution in [0.3, 0.4) is 0 Å². The van der Waals surface area contributed by atoms with Crippen molar-refractivity contribution >= 4 is 16.8 Å². The molecule has 1 aromatic heterocycles. The number of nitrogens with one attached hydrogen (secondary N) is 1. The van der Waals surface area contributed by atoms with Gasteiger partial charge in [0.25, 0.3) is 5.91 Å². The van der Waals surface area contributed by atoms with E-state index in [0.717, 1.165) is 45.3 Å². The van der Waals surface area contributed by atoms with E-state index in [0.29, 0.717) is 0 Å². The second-order valence-corrected chi connectivity index (χ2v) is 7.16. The first kappa shape index (κ1) is 18.9. The van der Waals surface area contributed by atoms with Gasteiger partial charge in [0.05, 0.1) is 22.8 Å². The number of pyridine rings is 1. The molecule has 1 heterocycles.